The van der Waals surface area contributed by atoms with Crippen LogP contribution >= 0.6 is 0 Å². The van der Waals surface area contributed by atoms with Crippen LogP contribution in [0.3, 0.4) is 0 Å². The van der Waals surface area contributed by atoms with Crippen molar-refractivity contribution in [2.75, 3.05) is 20.8 Å². The normalized spacial score (nSPS) is 19.9. The minimum Gasteiger partial charge on any atom is -0.496 e. The van der Waals surface area contributed by atoms with Crippen molar-refractivity contribution in [1.29, 1.82) is 0 Å². The average Bonchev–Trinajstić information content (AvgIpc) is 2.54. The van der Waals surface area contributed by atoms with Gasteiger partial charge in [-0.25, -0.2) is 8.42 Å². The van der Waals surface area contributed by atoms with E-state index in [0.717, 1.165) is 31.2 Å². The van der Waals surface area contributed by atoms with Gasteiger partial charge < -0.3 is 9.47 Å². The topological polar surface area (TPSA) is 55.8 Å². The van der Waals surface area contributed by atoms with Crippen LogP contribution in [-0.4, -0.2) is 39.5 Å². The molecule has 1 atom stereocenters. The number of hydrogen-bond donors (Lipinski definition) is 0. The number of benzene rings is 1. The van der Waals surface area contributed by atoms with E-state index >= 15 is 0 Å². The van der Waals surface area contributed by atoms with Crippen molar-refractivity contribution in [3.8, 4) is 11.5 Å². The Morgan fingerprint density at radius 2 is 1.86 bits per heavy atom. The Bertz CT molecular complexity index is 627. The second-order valence-corrected chi connectivity index (χ2v) is 7.51. The van der Waals surface area contributed by atoms with Crippen molar-refractivity contribution in [2.24, 2.45) is 0 Å². The van der Waals surface area contributed by atoms with Gasteiger partial charge in [-0.1, -0.05) is 13.3 Å². The Hall–Kier alpha value is -1.27. The summed E-state index contributed by atoms with van der Waals surface area (Å²) in [4.78, 5) is 0.192. The molecule has 2 rings (SSSR count). The quantitative estimate of drug-likeness (QED) is 0.834. The lowest BCUT2D eigenvalue weighted by atomic mass is 10.0. The van der Waals surface area contributed by atoms with Gasteiger partial charge in [-0.05, 0) is 37.8 Å². The summed E-state index contributed by atoms with van der Waals surface area (Å²) in [6.07, 6.45) is 3.73. The number of sulfonamides is 1. The van der Waals surface area contributed by atoms with Gasteiger partial charge in [-0.2, -0.15) is 4.31 Å². The molecule has 0 radical (unpaired) electrons. The van der Waals surface area contributed by atoms with Crippen molar-refractivity contribution < 1.29 is 17.9 Å². The summed E-state index contributed by atoms with van der Waals surface area (Å²) in [5, 5.41) is 0. The Morgan fingerprint density at radius 1 is 1.18 bits per heavy atom. The van der Waals surface area contributed by atoms with E-state index < -0.39 is 10.0 Å². The van der Waals surface area contributed by atoms with E-state index in [1.165, 1.54) is 7.11 Å². The van der Waals surface area contributed by atoms with Crippen LogP contribution in [0.4, 0.5) is 0 Å². The average molecular weight is 327 g/mol. The first-order chi connectivity index (χ1) is 10.5. The van der Waals surface area contributed by atoms with Gasteiger partial charge >= 0.3 is 0 Å². The van der Waals surface area contributed by atoms with E-state index in [2.05, 4.69) is 0 Å². The maximum atomic E-state index is 13.1. The largest absolute Gasteiger partial charge is 0.496 e. The predicted octanol–water partition coefficient (Wildman–Crippen LogP) is 2.97. The fourth-order valence-corrected chi connectivity index (χ4v) is 4.97. The monoisotopic (exact) mass is 327 g/mol. The number of rotatable bonds is 5. The third-order valence-electron chi connectivity index (χ3n) is 4.31. The highest BCUT2D eigenvalue weighted by molar-refractivity contribution is 7.89. The maximum absolute atomic E-state index is 13.1. The molecule has 1 aromatic carbocycles. The third-order valence-corrected chi connectivity index (χ3v) is 6.29. The molecular weight excluding hydrogens is 302 g/mol. The van der Waals surface area contributed by atoms with Crippen molar-refractivity contribution in [3.63, 3.8) is 0 Å². The Balaban J connectivity index is 2.52. The lowest BCUT2D eigenvalue weighted by molar-refractivity contribution is 0.245. The van der Waals surface area contributed by atoms with Gasteiger partial charge in [0.25, 0.3) is 0 Å². The number of ether oxygens (including phenoxy) is 2. The molecule has 0 aliphatic carbocycles. The first-order valence-corrected chi connectivity index (χ1v) is 9.14. The van der Waals surface area contributed by atoms with E-state index in [1.807, 2.05) is 13.8 Å². The van der Waals surface area contributed by atoms with Crippen LogP contribution in [0.2, 0.25) is 0 Å². The molecule has 1 heterocycles. The molecule has 0 N–H and O–H groups in total. The van der Waals surface area contributed by atoms with Gasteiger partial charge in [0.1, 0.15) is 16.4 Å². The number of aryl methyl sites for hydroxylation is 1. The summed E-state index contributed by atoms with van der Waals surface area (Å²) in [7, 11) is -0.551. The minimum absolute atomic E-state index is 0.0655. The standard InChI is InChI=1S/C16H25NO4S/c1-5-13-8-6-7-9-17(13)22(18,19)16-11-14(20-3)12(2)10-15(16)21-4/h10-11,13H,5-9H2,1-4H3/t13-/m0/s1. The van der Waals surface area contributed by atoms with Crippen LogP contribution < -0.4 is 9.47 Å². The van der Waals surface area contributed by atoms with Crippen LogP contribution in [0.5, 0.6) is 11.5 Å². The molecule has 1 aliphatic heterocycles. The van der Waals surface area contributed by atoms with Crippen molar-refractivity contribution >= 4 is 10.0 Å². The van der Waals surface area contributed by atoms with Crippen LogP contribution in [0, 0.1) is 6.92 Å². The third kappa shape index (κ3) is 3.08. The molecule has 22 heavy (non-hydrogen) atoms. The van der Waals surface area contributed by atoms with Gasteiger partial charge in [-0.15, -0.1) is 0 Å². The lowest BCUT2D eigenvalue weighted by Gasteiger charge is -2.34. The molecule has 0 saturated carbocycles. The molecule has 1 saturated heterocycles. The lowest BCUT2D eigenvalue weighted by Crippen LogP contribution is -2.43. The van der Waals surface area contributed by atoms with E-state index in [4.69, 9.17) is 9.47 Å². The summed E-state index contributed by atoms with van der Waals surface area (Å²) in [5.41, 5.74) is 0.851. The van der Waals surface area contributed by atoms with E-state index in [0.29, 0.717) is 18.0 Å². The Labute approximate surface area is 133 Å². The highest BCUT2D eigenvalue weighted by atomic mass is 32.2. The molecule has 0 spiro atoms. The zero-order chi connectivity index (χ0) is 16.3. The molecule has 0 aromatic heterocycles. The molecule has 1 aromatic rings. The number of hydrogen-bond acceptors (Lipinski definition) is 4. The number of nitrogens with zero attached hydrogens (tertiary/aromatic N) is 1. The molecule has 0 bridgehead atoms. The van der Waals surface area contributed by atoms with Gasteiger partial charge in [0.05, 0.1) is 14.2 Å². The molecule has 0 unspecified atom stereocenters. The van der Waals surface area contributed by atoms with E-state index in [9.17, 15) is 8.42 Å². The highest BCUT2D eigenvalue weighted by Crippen LogP contribution is 2.36. The smallest absolute Gasteiger partial charge is 0.247 e. The van der Waals surface area contributed by atoms with Gasteiger partial charge in [0.15, 0.2) is 0 Å². The Morgan fingerprint density at radius 3 is 2.45 bits per heavy atom. The number of piperidine rings is 1. The summed E-state index contributed by atoms with van der Waals surface area (Å²) >= 11 is 0. The minimum atomic E-state index is -3.59. The van der Waals surface area contributed by atoms with Crippen LogP contribution in [0.1, 0.15) is 38.2 Å². The van der Waals surface area contributed by atoms with Crippen molar-refractivity contribution in [2.45, 2.75) is 50.5 Å². The van der Waals surface area contributed by atoms with E-state index in [-0.39, 0.29) is 10.9 Å². The first-order valence-electron chi connectivity index (χ1n) is 7.70. The molecular formula is C16H25NO4S. The highest BCUT2D eigenvalue weighted by Gasteiger charge is 2.34. The van der Waals surface area contributed by atoms with Crippen molar-refractivity contribution in [3.05, 3.63) is 17.7 Å². The predicted molar refractivity (Wildman–Crippen MR) is 86.1 cm³/mol. The summed E-state index contributed by atoms with van der Waals surface area (Å²) in [6.45, 7) is 4.47. The molecule has 5 nitrogen and oxygen atoms in total. The van der Waals surface area contributed by atoms with Gasteiger partial charge in [0, 0.05) is 18.7 Å². The fraction of sp³-hybridized carbons (Fsp3) is 0.625. The molecule has 0 amide bonds. The summed E-state index contributed by atoms with van der Waals surface area (Å²) < 4.78 is 38.4. The van der Waals surface area contributed by atoms with Crippen molar-refractivity contribution in [1.82, 2.24) is 4.31 Å². The zero-order valence-electron chi connectivity index (χ0n) is 13.8. The number of methoxy groups -OCH3 is 2. The van der Waals surface area contributed by atoms with Crippen LogP contribution in [-0.2, 0) is 10.0 Å². The van der Waals surface area contributed by atoms with Gasteiger partial charge in [-0.3, -0.25) is 0 Å². The second-order valence-electron chi connectivity index (χ2n) is 5.65. The summed E-state index contributed by atoms with van der Waals surface area (Å²) in [5.74, 6) is 0.933. The second kappa shape index (κ2) is 6.87. The SMILES string of the molecule is CC[C@H]1CCCCN1S(=O)(=O)c1cc(OC)c(C)cc1OC. The van der Waals surface area contributed by atoms with Crippen LogP contribution in [0.15, 0.2) is 17.0 Å². The first kappa shape index (κ1) is 17.1. The maximum Gasteiger partial charge on any atom is 0.247 e. The fourth-order valence-electron chi connectivity index (χ4n) is 3.05. The van der Waals surface area contributed by atoms with E-state index in [1.54, 1.807) is 23.5 Å². The molecule has 1 fully saturated rings. The zero-order valence-corrected chi connectivity index (χ0v) is 14.6. The van der Waals surface area contributed by atoms with Crippen LogP contribution in [0.25, 0.3) is 0 Å². The molecule has 6 heteroatoms. The molecule has 124 valence electrons. The Kier molecular flexibility index (Phi) is 5.34. The van der Waals surface area contributed by atoms with Gasteiger partial charge in [0.2, 0.25) is 10.0 Å². The summed E-state index contributed by atoms with van der Waals surface area (Å²) in [6, 6.07) is 3.36. The molecule has 1 aliphatic rings.